The van der Waals surface area contributed by atoms with E-state index in [2.05, 4.69) is 10.0 Å². The predicted molar refractivity (Wildman–Crippen MR) is 84.5 cm³/mol. The van der Waals surface area contributed by atoms with E-state index in [0.717, 1.165) is 10.5 Å². The molecule has 1 heterocycles. The monoisotopic (exact) mass is 316 g/mol. The standard InChI is InChI=1S/C16H20N4O3/c1-16(2,3)13(18-19-17)14(21)20-12(10-23-15(20)22)9-11-7-5-4-6-8-11/h4-8,12-13H,9-10H2,1-3H3/t12-,13+/m0/s1. The van der Waals surface area contributed by atoms with Crippen molar-refractivity contribution < 1.29 is 14.3 Å². The Morgan fingerprint density at radius 1 is 1.43 bits per heavy atom. The first-order chi connectivity index (χ1) is 10.8. The van der Waals surface area contributed by atoms with E-state index in [1.165, 1.54) is 0 Å². The molecule has 0 radical (unpaired) electrons. The topological polar surface area (TPSA) is 95.4 Å². The van der Waals surface area contributed by atoms with Crippen LogP contribution in [0.25, 0.3) is 10.4 Å². The van der Waals surface area contributed by atoms with Crippen LogP contribution >= 0.6 is 0 Å². The summed E-state index contributed by atoms with van der Waals surface area (Å²) >= 11 is 0. The van der Waals surface area contributed by atoms with Crippen LogP contribution in [-0.2, 0) is 16.0 Å². The molecule has 2 amide bonds. The van der Waals surface area contributed by atoms with Crippen LogP contribution in [0.15, 0.2) is 35.4 Å². The largest absolute Gasteiger partial charge is 0.447 e. The van der Waals surface area contributed by atoms with E-state index in [1.54, 1.807) is 20.8 Å². The van der Waals surface area contributed by atoms with Gasteiger partial charge in [0.05, 0.1) is 6.04 Å². The maximum Gasteiger partial charge on any atom is 0.416 e. The minimum Gasteiger partial charge on any atom is -0.447 e. The molecule has 7 heteroatoms. The Bertz CT molecular complexity index is 632. The summed E-state index contributed by atoms with van der Waals surface area (Å²) in [5, 5.41) is 3.60. The molecule has 1 saturated heterocycles. The second-order valence-electron chi connectivity index (χ2n) is 6.60. The van der Waals surface area contributed by atoms with Crippen LogP contribution in [-0.4, -0.2) is 35.6 Å². The maximum absolute atomic E-state index is 12.8. The number of azide groups is 1. The summed E-state index contributed by atoms with van der Waals surface area (Å²) in [5.41, 5.74) is 9.14. The fourth-order valence-corrected chi connectivity index (χ4v) is 2.54. The van der Waals surface area contributed by atoms with Crippen molar-refractivity contribution in [2.45, 2.75) is 39.3 Å². The van der Waals surface area contributed by atoms with Crippen LogP contribution in [0.5, 0.6) is 0 Å². The number of hydrogen-bond acceptors (Lipinski definition) is 4. The number of hydrogen-bond donors (Lipinski definition) is 0. The highest BCUT2D eigenvalue weighted by atomic mass is 16.6. The molecule has 0 unspecified atom stereocenters. The number of ether oxygens (including phenoxy) is 1. The lowest BCUT2D eigenvalue weighted by Crippen LogP contribution is -2.48. The van der Waals surface area contributed by atoms with Gasteiger partial charge >= 0.3 is 6.09 Å². The van der Waals surface area contributed by atoms with E-state index in [1.807, 2.05) is 30.3 Å². The summed E-state index contributed by atoms with van der Waals surface area (Å²) in [6.45, 7) is 5.51. The number of imide groups is 1. The van der Waals surface area contributed by atoms with Gasteiger partial charge in [0.2, 0.25) is 5.91 Å². The van der Waals surface area contributed by atoms with Crippen molar-refractivity contribution in [1.82, 2.24) is 4.90 Å². The molecule has 0 N–H and O–H groups in total. The molecule has 1 aromatic carbocycles. The van der Waals surface area contributed by atoms with Gasteiger partial charge in [0.15, 0.2) is 0 Å². The SMILES string of the molecule is CC(C)(C)[C@H](N=[N+]=[N-])C(=O)N1C(=O)OC[C@@H]1Cc1ccccc1. The Hall–Kier alpha value is -2.53. The molecule has 7 nitrogen and oxygen atoms in total. The summed E-state index contributed by atoms with van der Waals surface area (Å²) in [5.74, 6) is -0.515. The molecule has 0 spiro atoms. The fourth-order valence-electron chi connectivity index (χ4n) is 2.54. The fraction of sp³-hybridized carbons (Fsp3) is 0.500. The molecular weight excluding hydrogens is 296 g/mol. The normalized spacial score (nSPS) is 19.0. The Kier molecular flexibility index (Phi) is 4.91. The third-order valence-corrected chi connectivity index (χ3v) is 3.73. The first-order valence-corrected chi connectivity index (χ1v) is 7.42. The van der Waals surface area contributed by atoms with Gasteiger partial charge in [0, 0.05) is 4.91 Å². The first kappa shape index (κ1) is 16.8. The summed E-state index contributed by atoms with van der Waals surface area (Å²) in [6, 6.07) is 8.21. The number of nitrogens with zero attached hydrogens (tertiary/aromatic N) is 4. The van der Waals surface area contributed by atoms with Crippen LogP contribution in [0, 0.1) is 5.41 Å². The van der Waals surface area contributed by atoms with Crippen molar-refractivity contribution in [3.63, 3.8) is 0 Å². The van der Waals surface area contributed by atoms with E-state index < -0.39 is 29.5 Å². The van der Waals surface area contributed by atoms with Crippen molar-refractivity contribution >= 4 is 12.0 Å². The lowest BCUT2D eigenvalue weighted by molar-refractivity contribution is -0.132. The molecule has 0 saturated carbocycles. The second kappa shape index (κ2) is 6.71. The summed E-state index contributed by atoms with van der Waals surface area (Å²) < 4.78 is 5.04. The van der Waals surface area contributed by atoms with Crippen molar-refractivity contribution in [1.29, 1.82) is 0 Å². The quantitative estimate of drug-likeness (QED) is 0.484. The Labute approximate surface area is 134 Å². The zero-order valence-electron chi connectivity index (χ0n) is 13.5. The Morgan fingerprint density at radius 3 is 2.65 bits per heavy atom. The molecular formula is C16H20N4O3. The van der Waals surface area contributed by atoms with E-state index >= 15 is 0 Å². The van der Waals surface area contributed by atoms with Crippen molar-refractivity contribution in [2.24, 2.45) is 10.5 Å². The zero-order chi connectivity index (χ0) is 17.0. The highest BCUT2D eigenvalue weighted by Gasteiger charge is 2.43. The zero-order valence-corrected chi connectivity index (χ0v) is 13.5. The molecule has 23 heavy (non-hydrogen) atoms. The second-order valence-corrected chi connectivity index (χ2v) is 6.60. The predicted octanol–water partition coefficient (Wildman–Crippen LogP) is 3.30. The molecule has 1 fully saturated rings. The Morgan fingerprint density at radius 2 is 2.09 bits per heavy atom. The lowest BCUT2D eigenvalue weighted by Gasteiger charge is -2.30. The first-order valence-electron chi connectivity index (χ1n) is 7.42. The third kappa shape index (κ3) is 3.81. The molecule has 122 valence electrons. The highest BCUT2D eigenvalue weighted by molar-refractivity contribution is 5.97. The van der Waals surface area contributed by atoms with Crippen LogP contribution < -0.4 is 0 Å². The molecule has 1 aromatic rings. The molecule has 2 atom stereocenters. The van der Waals surface area contributed by atoms with Gasteiger partial charge in [-0.3, -0.25) is 4.79 Å². The minimum absolute atomic E-state index is 0.145. The molecule has 0 aromatic heterocycles. The molecule has 2 rings (SSSR count). The van der Waals surface area contributed by atoms with Gasteiger partial charge in [0.1, 0.15) is 12.6 Å². The molecule has 0 aliphatic carbocycles. The van der Waals surface area contributed by atoms with Crippen LogP contribution in [0.1, 0.15) is 26.3 Å². The van der Waals surface area contributed by atoms with Gasteiger partial charge in [-0.25, -0.2) is 9.69 Å². The molecule has 1 aliphatic rings. The number of rotatable bonds is 4. The summed E-state index contributed by atoms with van der Waals surface area (Å²) in [7, 11) is 0. The van der Waals surface area contributed by atoms with Crippen molar-refractivity contribution in [3.8, 4) is 0 Å². The lowest BCUT2D eigenvalue weighted by atomic mass is 9.86. The van der Waals surface area contributed by atoms with E-state index in [4.69, 9.17) is 10.3 Å². The number of carbonyl (C=O) groups excluding carboxylic acids is 2. The van der Waals surface area contributed by atoms with Gasteiger partial charge < -0.3 is 4.74 Å². The third-order valence-electron chi connectivity index (χ3n) is 3.73. The van der Waals surface area contributed by atoms with Gasteiger partial charge in [-0.15, -0.1) is 0 Å². The average molecular weight is 316 g/mol. The van der Waals surface area contributed by atoms with E-state index in [0.29, 0.717) is 6.42 Å². The summed E-state index contributed by atoms with van der Waals surface area (Å²) in [6.07, 6.45) is -0.177. The number of benzene rings is 1. The Balaban J connectivity index is 2.24. The van der Waals surface area contributed by atoms with Crippen molar-refractivity contribution in [2.75, 3.05) is 6.61 Å². The number of cyclic esters (lactones) is 1. The highest BCUT2D eigenvalue weighted by Crippen LogP contribution is 2.27. The minimum atomic E-state index is -0.962. The van der Waals surface area contributed by atoms with Gasteiger partial charge in [-0.2, -0.15) is 0 Å². The van der Waals surface area contributed by atoms with E-state index in [9.17, 15) is 9.59 Å². The average Bonchev–Trinajstić information content (AvgIpc) is 2.85. The number of amides is 2. The van der Waals surface area contributed by atoms with Crippen LogP contribution in [0.2, 0.25) is 0 Å². The molecule has 0 bridgehead atoms. The van der Waals surface area contributed by atoms with Gasteiger partial charge in [0.25, 0.3) is 0 Å². The molecule has 1 aliphatic heterocycles. The van der Waals surface area contributed by atoms with E-state index in [-0.39, 0.29) is 6.61 Å². The van der Waals surface area contributed by atoms with Crippen LogP contribution in [0.3, 0.4) is 0 Å². The maximum atomic E-state index is 12.8. The van der Waals surface area contributed by atoms with Gasteiger partial charge in [-0.1, -0.05) is 56.2 Å². The smallest absolute Gasteiger partial charge is 0.416 e. The summed E-state index contributed by atoms with van der Waals surface area (Å²) in [4.78, 5) is 28.6. The number of carbonyl (C=O) groups is 2. The van der Waals surface area contributed by atoms with Crippen LogP contribution in [0.4, 0.5) is 4.79 Å². The van der Waals surface area contributed by atoms with Crippen molar-refractivity contribution in [3.05, 3.63) is 46.3 Å². The van der Waals surface area contributed by atoms with Gasteiger partial charge in [-0.05, 0) is 22.9 Å².